The summed E-state index contributed by atoms with van der Waals surface area (Å²) in [6.45, 7) is 0. The summed E-state index contributed by atoms with van der Waals surface area (Å²) in [5, 5.41) is 3.62. The second kappa shape index (κ2) is 4.48. The van der Waals surface area contributed by atoms with E-state index < -0.39 is 0 Å². The number of benzene rings is 1. The molecule has 5 heteroatoms. The van der Waals surface area contributed by atoms with Gasteiger partial charge in [-0.05, 0) is 18.2 Å². The molecule has 18 heavy (non-hydrogen) atoms. The number of halogens is 1. The highest BCUT2D eigenvalue weighted by atomic mass is 35.5. The van der Waals surface area contributed by atoms with Crippen molar-refractivity contribution in [2.45, 2.75) is 0 Å². The van der Waals surface area contributed by atoms with Gasteiger partial charge in [-0.1, -0.05) is 23.7 Å². The molecule has 90 valence electrons. The third-order valence-electron chi connectivity index (χ3n) is 2.63. The molecule has 0 aliphatic rings. The van der Waals surface area contributed by atoms with E-state index in [0.717, 1.165) is 21.8 Å². The van der Waals surface area contributed by atoms with Crippen molar-refractivity contribution in [2.75, 3.05) is 5.73 Å². The number of nitrogen functional groups attached to an aromatic ring is 1. The largest absolute Gasteiger partial charge is 0.385 e. The SMILES string of the molecule is Nc1[nH]ccc1-c1nc(-c2cccc(Cl)c2)cs1. The van der Waals surface area contributed by atoms with Crippen LogP contribution in [-0.4, -0.2) is 9.97 Å². The monoisotopic (exact) mass is 275 g/mol. The fourth-order valence-corrected chi connectivity index (χ4v) is 2.80. The first-order valence-corrected chi connectivity index (χ1v) is 6.64. The minimum Gasteiger partial charge on any atom is -0.385 e. The normalized spacial score (nSPS) is 10.7. The molecule has 0 amide bonds. The van der Waals surface area contributed by atoms with Gasteiger partial charge in [-0.3, -0.25) is 0 Å². The Balaban J connectivity index is 2.02. The molecule has 0 atom stereocenters. The predicted octanol–water partition coefficient (Wildman–Crippen LogP) is 4.04. The van der Waals surface area contributed by atoms with Gasteiger partial charge in [0.05, 0.1) is 11.3 Å². The second-order valence-corrected chi connectivity index (χ2v) is 5.15. The van der Waals surface area contributed by atoms with Crippen LogP contribution < -0.4 is 5.73 Å². The van der Waals surface area contributed by atoms with Gasteiger partial charge in [-0.25, -0.2) is 4.98 Å². The van der Waals surface area contributed by atoms with Gasteiger partial charge in [0, 0.05) is 22.2 Å². The summed E-state index contributed by atoms with van der Waals surface area (Å²) in [5.41, 5.74) is 8.70. The van der Waals surface area contributed by atoms with Crippen LogP contribution in [0.15, 0.2) is 41.9 Å². The molecule has 3 rings (SSSR count). The van der Waals surface area contributed by atoms with E-state index in [1.165, 1.54) is 0 Å². The van der Waals surface area contributed by atoms with Crippen molar-refractivity contribution in [1.29, 1.82) is 0 Å². The lowest BCUT2D eigenvalue weighted by molar-refractivity contribution is 1.39. The topological polar surface area (TPSA) is 54.7 Å². The van der Waals surface area contributed by atoms with Gasteiger partial charge in [-0.2, -0.15) is 0 Å². The molecule has 0 spiro atoms. The molecule has 0 aliphatic heterocycles. The molecule has 1 aromatic carbocycles. The predicted molar refractivity (Wildman–Crippen MR) is 76.8 cm³/mol. The van der Waals surface area contributed by atoms with E-state index in [1.54, 1.807) is 11.3 Å². The first kappa shape index (κ1) is 11.3. The summed E-state index contributed by atoms with van der Waals surface area (Å²) in [7, 11) is 0. The Kier molecular flexibility index (Phi) is 2.81. The van der Waals surface area contributed by atoms with E-state index >= 15 is 0 Å². The fraction of sp³-hybridized carbons (Fsp3) is 0. The fourth-order valence-electron chi connectivity index (χ4n) is 1.75. The van der Waals surface area contributed by atoms with E-state index in [-0.39, 0.29) is 0 Å². The number of thiazole rings is 1. The maximum Gasteiger partial charge on any atom is 0.127 e. The number of anilines is 1. The Morgan fingerprint density at radius 1 is 1.28 bits per heavy atom. The summed E-state index contributed by atoms with van der Waals surface area (Å²) in [4.78, 5) is 7.53. The average molecular weight is 276 g/mol. The highest BCUT2D eigenvalue weighted by Gasteiger charge is 2.09. The molecular formula is C13H10ClN3S. The quantitative estimate of drug-likeness (QED) is 0.741. The minimum absolute atomic E-state index is 0.641. The zero-order valence-corrected chi connectivity index (χ0v) is 10.9. The maximum atomic E-state index is 5.98. The van der Waals surface area contributed by atoms with E-state index in [4.69, 9.17) is 17.3 Å². The molecule has 0 unspecified atom stereocenters. The van der Waals surface area contributed by atoms with E-state index in [0.29, 0.717) is 10.8 Å². The van der Waals surface area contributed by atoms with Gasteiger partial charge < -0.3 is 10.7 Å². The Labute approximate surface area is 113 Å². The maximum absolute atomic E-state index is 5.98. The van der Waals surface area contributed by atoms with Gasteiger partial charge in [0.25, 0.3) is 0 Å². The van der Waals surface area contributed by atoms with Crippen molar-refractivity contribution in [1.82, 2.24) is 9.97 Å². The van der Waals surface area contributed by atoms with Gasteiger partial charge in [0.1, 0.15) is 10.8 Å². The zero-order valence-electron chi connectivity index (χ0n) is 9.35. The molecule has 0 aliphatic carbocycles. The lowest BCUT2D eigenvalue weighted by Gasteiger charge is -1.97. The first-order valence-electron chi connectivity index (χ1n) is 5.39. The molecule has 0 saturated carbocycles. The number of nitrogens with zero attached hydrogens (tertiary/aromatic N) is 1. The van der Waals surface area contributed by atoms with Crippen LogP contribution in [0.3, 0.4) is 0 Å². The molecule has 0 bridgehead atoms. The number of rotatable bonds is 2. The number of hydrogen-bond acceptors (Lipinski definition) is 3. The van der Waals surface area contributed by atoms with E-state index in [9.17, 15) is 0 Å². The van der Waals surface area contributed by atoms with Crippen molar-refractivity contribution in [3.63, 3.8) is 0 Å². The van der Waals surface area contributed by atoms with Gasteiger partial charge >= 0.3 is 0 Å². The molecule has 0 saturated heterocycles. The number of nitrogens with two attached hydrogens (primary N) is 1. The standard InChI is InChI=1S/C13H10ClN3S/c14-9-3-1-2-8(6-9)11-7-18-13(17-11)10-4-5-16-12(10)15/h1-7,16H,15H2. The highest BCUT2D eigenvalue weighted by molar-refractivity contribution is 7.13. The Bertz CT molecular complexity index is 687. The molecule has 0 radical (unpaired) electrons. The summed E-state index contributed by atoms with van der Waals surface area (Å²) in [6.07, 6.45) is 1.81. The van der Waals surface area contributed by atoms with Crippen LogP contribution in [0.2, 0.25) is 5.02 Å². The van der Waals surface area contributed by atoms with Crippen LogP contribution >= 0.6 is 22.9 Å². The van der Waals surface area contributed by atoms with Gasteiger partial charge in [-0.15, -0.1) is 11.3 Å². The summed E-state index contributed by atoms with van der Waals surface area (Å²) >= 11 is 7.54. The minimum atomic E-state index is 0.641. The Hall–Kier alpha value is -1.78. The highest BCUT2D eigenvalue weighted by Crippen LogP contribution is 2.32. The Morgan fingerprint density at radius 3 is 2.89 bits per heavy atom. The van der Waals surface area contributed by atoms with Gasteiger partial charge in [0.15, 0.2) is 0 Å². The Morgan fingerprint density at radius 2 is 2.17 bits per heavy atom. The van der Waals surface area contributed by atoms with Crippen molar-refractivity contribution >= 4 is 28.8 Å². The molecule has 2 aromatic heterocycles. The van der Waals surface area contributed by atoms with Gasteiger partial charge in [0.2, 0.25) is 0 Å². The molecular weight excluding hydrogens is 266 g/mol. The number of aromatic amines is 1. The summed E-state index contributed by atoms with van der Waals surface area (Å²) < 4.78 is 0. The van der Waals surface area contributed by atoms with Crippen molar-refractivity contribution in [3.05, 3.63) is 46.9 Å². The van der Waals surface area contributed by atoms with Crippen molar-refractivity contribution in [3.8, 4) is 21.8 Å². The molecule has 2 heterocycles. The number of aromatic nitrogens is 2. The molecule has 3 N–H and O–H groups in total. The number of H-pyrrole nitrogens is 1. The summed E-state index contributed by atoms with van der Waals surface area (Å²) in [6, 6.07) is 9.59. The van der Waals surface area contributed by atoms with Crippen LogP contribution in [0.5, 0.6) is 0 Å². The third kappa shape index (κ3) is 2.00. The number of hydrogen-bond donors (Lipinski definition) is 2. The van der Waals surface area contributed by atoms with E-state index in [1.807, 2.05) is 41.9 Å². The average Bonchev–Trinajstić information content (AvgIpc) is 2.97. The lowest BCUT2D eigenvalue weighted by atomic mass is 10.2. The third-order valence-corrected chi connectivity index (χ3v) is 3.74. The molecule has 3 nitrogen and oxygen atoms in total. The first-order chi connectivity index (χ1) is 8.74. The molecule has 3 aromatic rings. The van der Waals surface area contributed by atoms with E-state index in [2.05, 4.69) is 9.97 Å². The van der Waals surface area contributed by atoms with Crippen LogP contribution in [-0.2, 0) is 0 Å². The van der Waals surface area contributed by atoms with Crippen LogP contribution in [0, 0.1) is 0 Å². The smallest absolute Gasteiger partial charge is 0.127 e. The summed E-state index contributed by atoms with van der Waals surface area (Å²) in [5.74, 6) is 0.641. The van der Waals surface area contributed by atoms with Crippen LogP contribution in [0.1, 0.15) is 0 Å². The van der Waals surface area contributed by atoms with Crippen LogP contribution in [0.4, 0.5) is 5.82 Å². The number of nitrogens with one attached hydrogen (secondary N) is 1. The van der Waals surface area contributed by atoms with Crippen LogP contribution in [0.25, 0.3) is 21.8 Å². The molecule has 0 fully saturated rings. The lowest BCUT2D eigenvalue weighted by Crippen LogP contribution is -1.86. The second-order valence-electron chi connectivity index (χ2n) is 3.85. The van der Waals surface area contributed by atoms with Crippen molar-refractivity contribution < 1.29 is 0 Å². The zero-order chi connectivity index (χ0) is 12.5. The van der Waals surface area contributed by atoms with Crippen molar-refractivity contribution in [2.24, 2.45) is 0 Å².